The Hall–Kier alpha value is -3.01. The highest BCUT2D eigenvalue weighted by atomic mass is 32.2. The molecule has 9 nitrogen and oxygen atoms in total. The summed E-state index contributed by atoms with van der Waals surface area (Å²) in [7, 11) is -3.37. The first-order valence-electron chi connectivity index (χ1n) is 9.17. The van der Waals surface area contributed by atoms with E-state index in [1.54, 1.807) is 35.2 Å². The van der Waals surface area contributed by atoms with Crippen LogP contribution < -0.4 is 10.6 Å². The maximum Gasteiger partial charge on any atom is 0.237 e. The van der Waals surface area contributed by atoms with E-state index in [4.69, 9.17) is 5.73 Å². The van der Waals surface area contributed by atoms with Crippen LogP contribution in [0, 0.1) is 0 Å². The second kappa shape index (κ2) is 8.56. The van der Waals surface area contributed by atoms with Gasteiger partial charge >= 0.3 is 0 Å². The van der Waals surface area contributed by atoms with Crippen molar-refractivity contribution in [1.82, 2.24) is 14.9 Å². The third-order valence-electron chi connectivity index (χ3n) is 4.61. The monoisotopic (exact) mass is 417 g/mol. The molecule has 2 aromatic rings. The zero-order valence-corrected chi connectivity index (χ0v) is 16.9. The minimum Gasteiger partial charge on any atom is -0.383 e. The predicted molar refractivity (Wildman–Crippen MR) is 109 cm³/mol. The van der Waals surface area contributed by atoms with Crippen molar-refractivity contribution in [2.45, 2.75) is 6.42 Å². The van der Waals surface area contributed by atoms with E-state index in [1.165, 1.54) is 6.20 Å². The third kappa shape index (κ3) is 5.29. The highest BCUT2D eigenvalue weighted by Gasteiger charge is 2.23. The molecule has 0 aliphatic carbocycles. The van der Waals surface area contributed by atoms with Crippen LogP contribution in [0.3, 0.4) is 0 Å². The molecule has 1 fully saturated rings. The predicted octanol–water partition coefficient (Wildman–Crippen LogP) is 0.373. The van der Waals surface area contributed by atoms with Gasteiger partial charge in [-0.15, -0.1) is 0 Å². The third-order valence-corrected chi connectivity index (χ3v) is 5.38. The molecule has 1 aliphatic heterocycles. The van der Waals surface area contributed by atoms with Crippen LogP contribution in [0.4, 0.5) is 11.6 Å². The van der Waals surface area contributed by atoms with Crippen molar-refractivity contribution >= 4 is 33.2 Å². The lowest BCUT2D eigenvalue weighted by molar-refractivity contribution is -0.128. The topological polar surface area (TPSA) is 127 Å². The molecule has 0 unspecified atom stereocenters. The number of rotatable bonds is 5. The van der Waals surface area contributed by atoms with Gasteiger partial charge in [0, 0.05) is 38.6 Å². The Labute approximate surface area is 169 Å². The summed E-state index contributed by atoms with van der Waals surface area (Å²) in [6.45, 7) is 2.01. The van der Waals surface area contributed by atoms with Crippen LogP contribution in [0.1, 0.15) is 22.5 Å². The molecule has 3 heterocycles. The van der Waals surface area contributed by atoms with Crippen LogP contribution in [-0.2, 0) is 14.6 Å². The lowest BCUT2D eigenvalue weighted by Crippen LogP contribution is -2.38. The summed E-state index contributed by atoms with van der Waals surface area (Å²) in [5, 5.41) is 0. The summed E-state index contributed by atoms with van der Waals surface area (Å²) in [5.74, 6) is -0.410. The van der Waals surface area contributed by atoms with Gasteiger partial charge in [-0.05, 0) is 30.7 Å². The van der Waals surface area contributed by atoms with E-state index in [2.05, 4.69) is 9.97 Å². The lowest BCUT2D eigenvalue weighted by atomic mass is 10.1. The van der Waals surface area contributed by atoms with Crippen LogP contribution in [0.25, 0.3) is 0 Å². The normalized spacial score (nSPS) is 15.1. The van der Waals surface area contributed by atoms with Crippen LogP contribution >= 0.6 is 0 Å². The molecule has 0 spiro atoms. The first-order chi connectivity index (χ1) is 13.7. The van der Waals surface area contributed by atoms with Crippen molar-refractivity contribution < 1.29 is 18.0 Å². The van der Waals surface area contributed by atoms with Gasteiger partial charge in [0.1, 0.15) is 23.1 Å². The molecular weight excluding hydrogens is 394 g/mol. The Morgan fingerprint density at radius 1 is 1.10 bits per heavy atom. The highest BCUT2D eigenvalue weighted by Crippen LogP contribution is 2.18. The fourth-order valence-electron chi connectivity index (χ4n) is 3.18. The maximum absolute atomic E-state index is 12.7. The second-order valence-corrected chi connectivity index (χ2v) is 9.08. The van der Waals surface area contributed by atoms with E-state index in [0.717, 1.165) is 6.26 Å². The van der Waals surface area contributed by atoms with Crippen LogP contribution in [0.2, 0.25) is 0 Å². The summed E-state index contributed by atoms with van der Waals surface area (Å²) in [6, 6.07) is 8.43. The van der Waals surface area contributed by atoms with E-state index in [1.807, 2.05) is 4.90 Å². The number of carbonyl (C=O) groups is 2. The van der Waals surface area contributed by atoms with Crippen molar-refractivity contribution in [3.05, 3.63) is 47.8 Å². The number of amides is 1. The molecule has 0 atom stereocenters. The molecule has 154 valence electrons. The zero-order chi connectivity index (χ0) is 21.0. The van der Waals surface area contributed by atoms with Crippen LogP contribution in [0.15, 0.2) is 36.5 Å². The highest BCUT2D eigenvalue weighted by molar-refractivity contribution is 7.91. The minimum atomic E-state index is -3.37. The van der Waals surface area contributed by atoms with Crippen LogP contribution in [0.5, 0.6) is 0 Å². The van der Waals surface area contributed by atoms with Gasteiger partial charge in [0.25, 0.3) is 0 Å². The molecule has 10 heteroatoms. The van der Waals surface area contributed by atoms with Gasteiger partial charge in [0.2, 0.25) is 11.7 Å². The van der Waals surface area contributed by atoms with Gasteiger partial charge in [-0.1, -0.05) is 6.07 Å². The summed E-state index contributed by atoms with van der Waals surface area (Å²) >= 11 is 0. The number of pyridine rings is 2. The number of aromatic nitrogens is 2. The Kier molecular flexibility index (Phi) is 6.12. The van der Waals surface area contributed by atoms with Gasteiger partial charge in [-0.25, -0.2) is 18.4 Å². The molecule has 0 bridgehead atoms. The summed E-state index contributed by atoms with van der Waals surface area (Å²) in [5.41, 5.74) is 6.35. The van der Waals surface area contributed by atoms with E-state index < -0.39 is 21.5 Å². The zero-order valence-electron chi connectivity index (χ0n) is 16.1. The maximum atomic E-state index is 12.7. The fourth-order valence-corrected chi connectivity index (χ4v) is 3.82. The Bertz CT molecular complexity index is 1020. The standard InChI is InChI=1S/C19H23N5O4S/c1-29(27,28)13-17(25)24-10-4-9-23(11-12-24)16-7-2-6-15(22-16)18(26)14-5-3-8-21-19(14)20/h2-3,5-8H,4,9-13H2,1H3,(H2,20,21). The minimum absolute atomic E-state index is 0.152. The molecule has 2 aromatic heterocycles. The number of nitrogens with zero attached hydrogens (tertiary/aromatic N) is 4. The number of ketones is 1. The summed E-state index contributed by atoms with van der Waals surface area (Å²) in [4.78, 5) is 36.9. The molecule has 29 heavy (non-hydrogen) atoms. The van der Waals surface area contributed by atoms with Gasteiger partial charge < -0.3 is 15.5 Å². The number of nitrogen functional groups attached to an aromatic ring is 1. The first-order valence-corrected chi connectivity index (χ1v) is 11.2. The second-order valence-electron chi connectivity index (χ2n) is 6.94. The molecule has 1 aliphatic rings. The lowest BCUT2D eigenvalue weighted by Gasteiger charge is -2.23. The van der Waals surface area contributed by atoms with Crippen LogP contribution in [-0.4, -0.2) is 73.2 Å². The van der Waals surface area contributed by atoms with E-state index >= 15 is 0 Å². The first kappa shape index (κ1) is 20.7. The largest absolute Gasteiger partial charge is 0.383 e. The van der Waals surface area contributed by atoms with Crippen molar-refractivity contribution in [1.29, 1.82) is 0 Å². The molecule has 2 N–H and O–H groups in total. The van der Waals surface area contributed by atoms with Gasteiger partial charge in [0.15, 0.2) is 9.84 Å². The molecular formula is C19H23N5O4S. The summed E-state index contributed by atoms with van der Waals surface area (Å²) in [6.07, 6.45) is 3.24. The number of carbonyl (C=O) groups excluding carboxylic acids is 2. The van der Waals surface area contributed by atoms with Gasteiger partial charge in [-0.2, -0.15) is 0 Å². The van der Waals surface area contributed by atoms with E-state index in [-0.39, 0.29) is 17.3 Å². The smallest absolute Gasteiger partial charge is 0.237 e. The SMILES string of the molecule is CS(=O)(=O)CC(=O)N1CCCN(c2cccc(C(=O)c3cccnc3N)n2)CC1. The molecule has 0 aromatic carbocycles. The van der Waals surface area contributed by atoms with Gasteiger partial charge in [-0.3, -0.25) is 9.59 Å². The van der Waals surface area contributed by atoms with Crippen molar-refractivity contribution in [2.24, 2.45) is 0 Å². The van der Waals surface area contributed by atoms with E-state index in [0.29, 0.717) is 44.0 Å². The Morgan fingerprint density at radius 2 is 1.90 bits per heavy atom. The Balaban J connectivity index is 1.73. The number of nitrogens with two attached hydrogens (primary N) is 1. The molecule has 1 amide bonds. The van der Waals surface area contributed by atoms with Crippen molar-refractivity contribution in [3.63, 3.8) is 0 Å². The average Bonchev–Trinajstić information content (AvgIpc) is 2.93. The number of sulfone groups is 1. The number of hydrogen-bond acceptors (Lipinski definition) is 8. The number of anilines is 2. The van der Waals surface area contributed by atoms with Gasteiger partial charge in [0.05, 0.1) is 5.56 Å². The van der Waals surface area contributed by atoms with Crippen molar-refractivity contribution in [2.75, 3.05) is 48.8 Å². The average molecular weight is 417 g/mol. The number of hydrogen-bond donors (Lipinski definition) is 1. The fraction of sp³-hybridized carbons (Fsp3) is 0.368. The quantitative estimate of drug-likeness (QED) is 0.692. The Morgan fingerprint density at radius 3 is 2.62 bits per heavy atom. The molecule has 3 rings (SSSR count). The van der Waals surface area contributed by atoms with E-state index in [9.17, 15) is 18.0 Å². The molecule has 0 radical (unpaired) electrons. The molecule has 0 saturated carbocycles. The summed E-state index contributed by atoms with van der Waals surface area (Å²) < 4.78 is 22.8. The van der Waals surface area contributed by atoms with Crippen molar-refractivity contribution in [3.8, 4) is 0 Å². The molecule has 1 saturated heterocycles.